The van der Waals surface area contributed by atoms with E-state index in [0.717, 1.165) is 30.2 Å². The molecule has 0 unspecified atom stereocenters. The Hall–Kier alpha value is -2.34. The van der Waals surface area contributed by atoms with Gasteiger partial charge in [-0.15, -0.1) is 11.3 Å². The first-order valence-corrected chi connectivity index (χ1v) is 7.48. The van der Waals surface area contributed by atoms with Crippen molar-refractivity contribution in [3.05, 3.63) is 46.2 Å². The van der Waals surface area contributed by atoms with Gasteiger partial charge >= 0.3 is 0 Å². The van der Waals surface area contributed by atoms with E-state index in [1.807, 2.05) is 29.6 Å². The highest BCUT2D eigenvalue weighted by molar-refractivity contribution is 7.12. The van der Waals surface area contributed by atoms with E-state index < -0.39 is 0 Å². The van der Waals surface area contributed by atoms with Gasteiger partial charge in [-0.05, 0) is 23.6 Å². The number of hydrogen-bond donors (Lipinski definition) is 2. The van der Waals surface area contributed by atoms with Crippen LogP contribution in [-0.2, 0) is 0 Å². The van der Waals surface area contributed by atoms with Crippen LogP contribution in [0, 0.1) is 0 Å². The van der Waals surface area contributed by atoms with Crippen molar-refractivity contribution in [1.82, 2.24) is 5.32 Å². The zero-order valence-corrected chi connectivity index (χ0v) is 12.4. The number of nitrogens with zero attached hydrogens (tertiary/aromatic N) is 1. The summed E-state index contributed by atoms with van der Waals surface area (Å²) in [5.74, 6) is 1.24. The van der Waals surface area contributed by atoms with Gasteiger partial charge in [-0.1, -0.05) is 12.1 Å². The molecular formula is C15H15N3O2S. The van der Waals surface area contributed by atoms with Gasteiger partial charge in [0.15, 0.2) is 0 Å². The SMILES string of the molecule is COc1ccsc1C(=O)Nc1ccccc1C1=NCCN1. The summed E-state index contributed by atoms with van der Waals surface area (Å²) >= 11 is 1.36. The molecule has 2 heterocycles. The maximum absolute atomic E-state index is 12.4. The quantitative estimate of drug-likeness (QED) is 0.911. The molecule has 1 aliphatic heterocycles. The molecule has 1 amide bonds. The number of carbonyl (C=O) groups is 1. The van der Waals surface area contributed by atoms with Crippen LogP contribution in [0.1, 0.15) is 15.2 Å². The third-order valence-corrected chi connectivity index (χ3v) is 4.05. The number of anilines is 1. The summed E-state index contributed by atoms with van der Waals surface area (Å²) in [7, 11) is 1.56. The normalized spacial score (nSPS) is 13.5. The molecule has 0 spiro atoms. The second-order valence-electron chi connectivity index (χ2n) is 4.47. The number of rotatable bonds is 4. The van der Waals surface area contributed by atoms with Gasteiger partial charge in [-0.2, -0.15) is 0 Å². The van der Waals surface area contributed by atoms with Gasteiger partial charge in [-0.25, -0.2) is 0 Å². The van der Waals surface area contributed by atoms with Crippen LogP contribution in [0.2, 0.25) is 0 Å². The number of hydrogen-bond acceptors (Lipinski definition) is 5. The van der Waals surface area contributed by atoms with Crippen molar-refractivity contribution in [2.24, 2.45) is 4.99 Å². The van der Waals surface area contributed by atoms with Crippen molar-refractivity contribution in [3.8, 4) is 5.75 Å². The van der Waals surface area contributed by atoms with Crippen LogP contribution in [0.5, 0.6) is 5.75 Å². The summed E-state index contributed by atoms with van der Waals surface area (Å²) in [5, 5.41) is 7.99. The monoisotopic (exact) mass is 301 g/mol. The molecule has 108 valence electrons. The zero-order chi connectivity index (χ0) is 14.7. The molecule has 0 fully saturated rings. The molecule has 0 aliphatic carbocycles. The average molecular weight is 301 g/mol. The Kier molecular flexibility index (Phi) is 3.87. The van der Waals surface area contributed by atoms with Gasteiger partial charge < -0.3 is 15.4 Å². The van der Waals surface area contributed by atoms with Crippen LogP contribution >= 0.6 is 11.3 Å². The molecule has 0 bridgehead atoms. The van der Waals surface area contributed by atoms with Crippen LogP contribution in [0.25, 0.3) is 0 Å². The van der Waals surface area contributed by atoms with Crippen LogP contribution < -0.4 is 15.4 Å². The smallest absolute Gasteiger partial charge is 0.269 e. The first-order valence-electron chi connectivity index (χ1n) is 6.60. The van der Waals surface area contributed by atoms with Gasteiger partial charge in [-0.3, -0.25) is 9.79 Å². The van der Waals surface area contributed by atoms with E-state index >= 15 is 0 Å². The molecule has 1 aliphatic rings. The summed E-state index contributed by atoms with van der Waals surface area (Å²) in [6.45, 7) is 1.59. The Morgan fingerprint density at radius 2 is 2.24 bits per heavy atom. The first kappa shape index (κ1) is 13.6. The van der Waals surface area contributed by atoms with Gasteiger partial charge in [0.05, 0.1) is 19.3 Å². The number of amides is 1. The molecule has 1 aromatic heterocycles. The van der Waals surface area contributed by atoms with E-state index in [0.29, 0.717) is 10.6 Å². The second kappa shape index (κ2) is 5.97. The standard InChI is InChI=1S/C15H15N3O2S/c1-20-12-6-9-21-13(12)15(19)18-11-5-3-2-4-10(11)14-16-7-8-17-14/h2-6,9H,7-8H2,1H3,(H,16,17)(H,18,19). The molecule has 6 heteroatoms. The van der Waals surface area contributed by atoms with Crippen LogP contribution in [0.15, 0.2) is 40.7 Å². The number of thiophene rings is 1. The molecule has 2 aromatic rings. The lowest BCUT2D eigenvalue weighted by molar-refractivity contribution is 0.102. The number of benzene rings is 1. The van der Waals surface area contributed by atoms with E-state index in [-0.39, 0.29) is 5.91 Å². The largest absolute Gasteiger partial charge is 0.495 e. The Morgan fingerprint density at radius 1 is 1.38 bits per heavy atom. The highest BCUT2D eigenvalue weighted by atomic mass is 32.1. The molecule has 2 N–H and O–H groups in total. The molecule has 3 rings (SSSR count). The number of carbonyl (C=O) groups excluding carboxylic acids is 1. The van der Waals surface area contributed by atoms with Crippen molar-refractivity contribution >= 4 is 28.8 Å². The highest BCUT2D eigenvalue weighted by Crippen LogP contribution is 2.26. The highest BCUT2D eigenvalue weighted by Gasteiger charge is 2.17. The van der Waals surface area contributed by atoms with Gasteiger partial charge in [0, 0.05) is 12.1 Å². The number of para-hydroxylation sites is 1. The van der Waals surface area contributed by atoms with Crippen molar-refractivity contribution in [3.63, 3.8) is 0 Å². The van der Waals surface area contributed by atoms with Crippen molar-refractivity contribution < 1.29 is 9.53 Å². The fraction of sp³-hybridized carbons (Fsp3) is 0.200. The minimum absolute atomic E-state index is 0.173. The van der Waals surface area contributed by atoms with E-state index in [9.17, 15) is 4.79 Å². The predicted octanol–water partition coefficient (Wildman–Crippen LogP) is 2.36. The Bertz CT molecular complexity index is 694. The lowest BCUT2D eigenvalue weighted by Gasteiger charge is -2.11. The maximum atomic E-state index is 12.4. The molecule has 0 radical (unpaired) electrons. The lowest BCUT2D eigenvalue weighted by atomic mass is 10.1. The van der Waals surface area contributed by atoms with Crippen LogP contribution in [-0.4, -0.2) is 31.9 Å². The number of amidine groups is 1. The summed E-state index contributed by atoms with van der Waals surface area (Å²) in [6, 6.07) is 9.42. The van der Waals surface area contributed by atoms with Crippen molar-refractivity contribution in [2.75, 3.05) is 25.5 Å². The summed E-state index contributed by atoms with van der Waals surface area (Å²) in [4.78, 5) is 17.3. The van der Waals surface area contributed by atoms with Crippen LogP contribution in [0.3, 0.4) is 0 Å². The van der Waals surface area contributed by atoms with Gasteiger partial charge in [0.1, 0.15) is 16.5 Å². The Labute approximate surface area is 126 Å². The second-order valence-corrected chi connectivity index (χ2v) is 5.39. The van der Waals surface area contributed by atoms with E-state index in [4.69, 9.17) is 4.74 Å². The predicted molar refractivity (Wildman–Crippen MR) is 84.7 cm³/mol. The fourth-order valence-corrected chi connectivity index (χ4v) is 2.93. The lowest BCUT2D eigenvalue weighted by Crippen LogP contribution is -2.22. The minimum Gasteiger partial charge on any atom is -0.495 e. The summed E-state index contributed by atoms with van der Waals surface area (Å²) < 4.78 is 5.19. The zero-order valence-electron chi connectivity index (χ0n) is 11.6. The van der Waals surface area contributed by atoms with Gasteiger partial charge in [0.2, 0.25) is 0 Å². The molecule has 5 nitrogen and oxygen atoms in total. The molecule has 0 saturated heterocycles. The average Bonchev–Trinajstić information content (AvgIpc) is 3.19. The molecule has 1 aromatic carbocycles. The number of nitrogens with one attached hydrogen (secondary N) is 2. The minimum atomic E-state index is -0.173. The fourth-order valence-electron chi connectivity index (χ4n) is 2.18. The molecular weight excluding hydrogens is 286 g/mol. The number of methoxy groups -OCH3 is 1. The summed E-state index contributed by atoms with van der Waals surface area (Å²) in [6.07, 6.45) is 0. The van der Waals surface area contributed by atoms with Gasteiger partial charge in [0.25, 0.3) is 5.91 Å². The van der Waals surface area contributed by atoms with Crippen molar-refractivity contribution in [2.45, 2.75) is 0 Å². The third kappa shape index (κ3) is 2.75. The number of ether oxygens (including phenoxy) is 1. The topological polar surface area (TPSA) is 62.7 Å². The number of aliphatic imine (C=N–C) groups is 1. The van der Waals surface area contributed by atoms with E-state index in [1.54, 1.807) is 13.2 Å². The van der Waals surface area contributed by atoms with E-state index in [2.05, 4.69) is 15.6 Å². The van der Waals surface area contributed by atoms with E-state index in [1.165, 1.54) is 11.3 Å². The molecule has 0 saturated carbocycles. The third-order valence-electron chi connectivity index (χ3n) is 3.16. The van der Waals surface area contributed by atoms with Crippen LogP contribution in [0.4, 0.5) is 5.69 Å². The maximum Gasteiger partial charge on any atom is 0.269 e. The Morgan fingerprint density at radius 3 is 3.00 bits per heavy atom. The molecule has 21 heavy (non-hydrogen) atoms. The van der Waals surface area contributed by atoms with Crippen molar-refractivity contribution in [1.29, 1.82) is 0 Å². The summed E-state index contributed by atoms with van der Waals surface area (Å²) in [5.41, 5.74) is 1.64. The Balaban J connectivity index is 1.87. The first-order chi connectivity index (χ1) is 10.3. The molecule has 0 atom stereocenters.